The highest BCUT2D eigenvalue weighted by Gasteiger charge is 2.18. The lowest BCUT2D eigenvalue weighted by Gasteiger charge is -2.05. The van der Waals surface area contributed by atoms with Gasteiger partial charge in [0.25, 0.3) is 5.89 Å². The summed E-state index contributed by atoms with van der Waals surface area (Å²) in [6, 6.07) is 16.3. The van der Waals surface area contributed by atoms with Crippen LogP contribution >= 0.6 is 23.2 Å². The number of fused-ring (bicyclic) bond motifs is 2. The largest absolute Gasteiger partial charge is 0.480 e. The van der Waals surface area contributed by atoms with Gasteiger partial charge in [-0.05, 0) is 36.4 Å². The topological polar surface area (TPSA) is 172 Å². The molecule has 220 valence electrons. The van der Waals surface area contributed by atoms with Gasteiger partial charge in [0.05, 0.1) is 32.2 Å². The third-order valence-electron chi connectivity index (χ3n) is 6.69. The van der Waals surface area contributed by atoms with E-state index in [1.165, 1.54) is 0 Å². The predicted octanol–water partition coefficient (Wildman–Crippen LogP) is 5.83. The van der Waals surface area contributed by atoms with E-state index in [1.54, 1.807) is 29.0 Å². The number of pyridine rings is 1. The Balaban J connectivity index is 0.000000187. The summed E-state index contributed by atoms with van der Waals surface area (Å²) in [6.45, 7) is 4.09. The summed E-state index contributed by atoms with van der Waals surface area (Å²) in [5, 5.41) is 35.8. The van der Waals surface area contributed by atoms with E-state index >= 15 is 0 Å². The Morgan fingerprint density at radius 1 is 0.886 bits per heavy atom. The lowest BCUT2D eigenvalue weighted by molar-refractivity contribution is -0.137. The monoisotopic (exact) mass is 627 g/mol. The van der Waals surface area contributed by atoms with E-state index in [0.29, 0.717) is 75.4 Å². The van der Waals surface area contributed by atoms with Crippen molar-refractivity contribution >= 4 is 51.2 Å². The third-order valence-corrected chi connectivity index (χ3v) is 7.45. The number of carbonyl (C=O) groups is 1. The minimum Gasteiger partial charge on any atom is -0.480 e. The number of aryl methyl sites for hydroxylation is 2. The number of rotatable bonds is 7. The fourth-order valence-corrected chi connectivity index (χ4v) is 5.15. The second kappa shape index (κ2) is 12.9. The van der Waals surface area contributed by atoms with E-state index < -0.39 is 5.97 Å². The van der Waals surface area contributed by atoms with Crippen LogP contribution in [0.5, 0.6) is 0 Å². The van der Waals surface area contributed by atoms with Crippen LogP contribution in [0, 0.1) is 22.7 Å². The zero-order chi connectivity index (χ0) is 31.4. The van der Waals surface area contributed by atoms with Crippen molar-refractivity contribution in [2.24, 2.45) is 0 Å². The van der Waals surface area contributed by atoms with Crippen LogP contribution in [0.25, 0.3) is 33.7 Å². The maximum absolute atomic E-state index is 10.9. The zero-order valence-corrected chi connectivity index (χ0v) is 25.0. The molecular weight excluding hydrogens is 605 g/mol. The molecule has 4 heterocycles. The van der Waals surface area contributed by atoms with Gasteiger partial charge in [-0.15, -0.1) is 10.2 Å². The summed E-state index contributed by atoms with van der Waals surface area (Å²) in [4.78, 5) is 23.9. The Hall–Kier alpha value is -5.30. The van der Waals surface area contributed by atoms with Crippen molar-refractivity contribution in [3.05, 3.63) is 87.4 Å². The number of carboxylic acids is 1. The maximum Gasteiger partial charge on any atom is 0.323 e. The summed E-state index contributed by atoms with van der Waals surface area (Å²) in [7, 11) is 0. The molecule has 0 aliphatic carbocycles. The smallest absolute Gasteiger partial charge is 0.323 e. The Bertz CT molecular complexity index is 2090. The molecule has 0 saturated carbocycles. The average molecular weight is 628 g/mol. The van der Waals surface area contributed by atoms with Gasteiger partial charge in [-0.25, -0.2) is 9.97 Å². The van der Waals surface area contributed by atoms with Gasteiger partial charge >= 0.3 is 5.97 Å². The molecule has 2 aromatic carbocycles. The molecule has 0 radical (unpaired) electrons. The number of aliphatic carboxylic acids is 1. The van der Waals surface area contributed by atoms with Gasteiger partial charge < -0.3 is 18.7 Å². The fourth-order valence-electron chi connectivity index (χ4n) is 4.66. The molecule has 0 aliphatic rings. The molecule has 0 aliphatic heterocycles. The molecule has 14 heteroatoms. The maximum atomic E-state index is 10.9. The predicted molar refractivity (Wildman–Crippen MR) is 162 cm³/mol. The number of halogens is 2. The molecule has 0 unspecified atom stereocenters. The molecule has 4 aromatic heterocycles. The molecule has 0 amide bonds. The Kier molecular flexibility index (Phi) is 8.86. The minimum absolute atomic E-state index is 0.165. The second-order valence-corrected chi connectivity index (χ2v) is 10.1. The Labute approximate surface area is 260 Å². The SMILES string of the molecule is CCc1nc2c(Cl)c(C#N)ccc2n1CC(=O)O.CCc1nc2c(Cl)c(C#N)ccc2n1Cc1nnc(-c2ccccn2)o1. The quantitative estimate of drug-likeness (QED) is 0.227. The number of hydrogen-bond acceptors (Lipinski definition) is 9. The molecular formula is C30H23Cl2N9O3. The number of benzene rings is 2. The van der Waals surface area contributed by atoms with Crippen molar-refractivity contribution < 1.29 is 14.3 Å². The number of aromatic nitrogens is 7. The summed E-state index contributed by atoms with van der Waals surface area (Å²) in [5.41, 5.74) is 3.91. The Morgan fingerprint density at radius 3 is 2.00 bits per heavy atom. The van der Waals surface area contributed by atoms with Gasteiger partial charge in [-0.1, -0.05) is 43.1 Å². The van der Waals surface area contributed by atoms with Gasteiger partial charge in [0, 0.05) is 19.0 Å². The first kappa shape index (κ1) is 30.2. The minimum atomic E-state index is -0.940. The summed E-state index contributed by atoms with van der Waals surface area (Å²) in [5.74, 6) is 1.34. The Morgan fingerprint density at radius 2 is 1.48 bits per heavy atom. The van der Waals surface area contributed by atoms with Gasteiger partial charge in [0.15, 0.2) is 0 Å². The number of imidazole rings is 2. The van der Waals surface area contributed by atoms with Crippen LogP contribution in [0.4, 0.5) is 0 Å². The van der Waals surface area contributed by atoms with Crippen molar-refractivity contribution in [3.8, 4) is 23.7 Å². The van der Waals surface area contributed by atoms with Crippen molar-refractivity contribution in [2.45, 2.75) is 39.8 Å². The molecule has 6 aromatic rings. The van der Waals surface area contributed by atoms with Crippen LogP contribution in [-0.2, 0) is 30.7 Å². The molecule has 0 fully saturated rings. The molecule has 0 atom stereocenters. The summed E-state index contributed by atoms with van der Waals surface area (Å²) >= 11 is 12.4. The molecule has 0 bridgehead atoms. The second-order valence-electron chi connectivity index (χ2n) is 9.36. The third kappa shape index (κ3) is 5.81. The van der Waals surface area contributed by atoms with Gasteiger partial charge in [0.1, 0.15) is 53.6 Å². The molecule has 6 rings (SSSR count). The van der Waals surface area contributed by atoms with Crippen LogP contribution in [0.3, 0.4) is 0 Å². The first-order valence-electron chi connectivity index (χ1n) is 13.4. The van der Waals surface area contributed by atoms with Crippen LogP contribution in [0.1, 0.15) is 42.5 Å². The number of hydrogen-bond donors (Lipinski definition) is 1. The van der Waals surface area contributed by atoms with Crippen molar-refractivity contribution in [1.29, 1.82) is 10.5 Å². The average Bonchev–Trinajstić information content (AvgIpc) is 3.75. The highest BCUT2D eigenvalue weighted by atomic mass is 35.5. The van der Waals surface area contributed by atoms with E-state index in [0.717, 1.165) is 11.3 Å². The van der Waals surface area contributed by atoms with E-state index in [2.05, 4.69) is 31.2 Å². The van der Waals surface area contributed by atoms with Gasteiger partial charge in [0.2, 0.25) is 5.89 Å². The summed E-state index contributed by atoms with van der Waals surface area (Å²) in [6.07, 6.45) is 2.97. The van der Waals surface area contributed by atoms with E-state index in [4.69, 9.17) is 43.2 Å². The highest BCUT2D eigenvalue weighted by molar-refractivity contribution is 6.36. The van der Waals surface area contributed by atoms with Crippen molar-refractivity contribution in [3.63, 3.8) is 0 Å². The normalized spacial score (nSPS) is 10.8. The lowest BCUT2D eigenvalue weighted by Crippen LogP contribution is -2.11. The standard InChI is InChI=1S/C18H13ClN6O.C12H10ClN3O2/c1-2-14-22-17-13(7-6-11(9-20)16(17)19)25(14)10-15-23-24-18(26-15)12-5-3-4-8-21-12;1-2-9-15-12-8(16(9)6-10(17)18)4-3-7(5-14)11(12)13/h3-8H,2,10H2,1H3;3-4H,2,6H2,1H3,(H,17,18). The van der Waals surface area contributed by atoms with Crippen LogP contribution in [0.2, 0.25) is 10.0 Å². The van der Waals surface area contributed by atoms with Crippen LogP contribution in [-0.4, -0.2) is 45.4 Å². The molecule has 0 spiro atoms. The number of nitriles is 2. The first-order valence-corrected chi connectivity index (χ1v) is 14.2. The van der Waals surface area contributed by atoms with E-state index in [9.17, 15) is 4.79 Å². The van der Waals surface area contributed by atoms with Crippen molar-refractivity contribution in [1.82, 2.24) is 34.3 Å². The van der Waals surface area contributed by atoms with Crippen LogP contribution in [0.15, 0.2) is 53.1 Å². The van der Waals surface area contributed by atoms with Crippen LogP contribution < -0.4 is 0 Å². The molecule has 44 heavy (non-hydrogen) atoms. The lowest BCUT2D eigenvalue weighted by atomic mass is 10.2. The molecule has 1 N–H and O–H groups in total. The van der Waals surface area contributed by atoms with Gasteiger partial charge in [-0.2, -0.15) is 10.5 Å². The molecule has 12 nitrogen and oxygen atoms in total. The highest BCUT2D eigenvalue weighted by Crippen LogP contribution is 2.29. The van der Waals surface area contributed by atoms with Gasteiger partial charge in [-0.3, -0.25) is 9.78 Å². The number of nitrogens with zero attached hydrogens (tertiary/aromatic N) is 9. The first-order chi connectivity index (χ1) is 21.3. The van der Waals surface area contributed by atoms with Crippen molar-refractivity contribution in [2.75, 3.05) is 0 Å². The van der Waals surface area contributed by atoms with E-state index in [-0.39, 0.29) is 11.6 Å². The number of carboxylic acid groups (broad SMARTS) is 1. The van der Waals surface area contributed by atoms with E-state index in [1.807, 2.05) is 48.7 Å². The molecule has 0 saturated heterocycles. The fraction of sp³-hybridized carbons (Fsp3) is 0.200. The zero-order valence-electron chi connectivity index (χ0n) is 23.5. The summed E-state index contributed by atoms with van der Waals surface area (Å²) < 4.78 is 9.32.